The molecule has 23 heavy (non-hydrogen) atoms. The number of urea groups is 1. The van der Waals surface area contributed by atoms with E-state index in [1.807, 2.05) is 24.0 Å². The highest BCUT2D eigenvalue weighted by Crippen LogP contribution is 2.28. The van der Waals surface area contributed by atoms with Gasteiger partial charge in [-0.05, 0) is 13.3 Å². The van der Waals surface area contributed by atoms with Crippen molar-refractivity contribution < 1.29 is 9.59 Å². The van der Waals surface area contributed by atoms with Gasteiger partial charge in [0.25, 0.3) is 5.91 Å². The fourth-order valence-electron chi connectivity index (χ4n) is 2.72. The summed E-state index contributed by atoms with van der Waals surface area (Å²) in [6, 6.07) is -0.799. The number of unbranched alkanes of at least 4 members (excludes halogenated alkanes) is 3. The molecule has 1 saturated heterocycles. The van der Waals surface area contributed by atoms with E-state index in [0.29, 0.717) is 6.54 Å². The van der Waals surface area contributed by atoms with Crippen molar-refractivity contribution >= 4 is 28.9 Å². The van der Waals surface area contributed by atoms with Gasteiger partial charge in [-0.15, -0.1) is 0 Å². The van der Waals surface area contributed by atoms with Crippen molar-refractivity contribution in [1.29, 1.82) is 0 Å². The maximum atomic E-state index is 12.3. The number of aliphatic imine (C=N–C) groups is 1. The molecule has 0 aromatic rings. The van der Waals surface area contributed by atoms with Gasteiger partial charge in [0.2, 0.25) is 0 Å². The fraction of sp³-hybridized carbons (Fsp3) is 0.688. The molecule has 2 unspecified atom stereocenters. The predicted molar refractivity (Wildman–Crippen MR) is 94.4 cm³/mol. The largest absolute Gasteiger partial charge is 0.332 e. The Kier molecular flexibility index (Phi) is 6.50. The lowest BCUT2D eigenvalue weighted by atomic mass is 10.1. The molecule has 128 valence electrons. The van der Waals surface area contributed by atoms with Crippen LogP contribution in [-0.4, -0.2) is 58.5 Å². The summed E-state index contributed by atoms with van der Waals surface area (Å²) in [5.41, 5.74) is 0. The van der Waals surface area contributed by atoms with E-state index in [1.165, 1.54) is 24.2 Å². The summed E-state index contributed by atoms with van der Waals surface area (Å²) in [5.74, 6) is 0.733. The Bertz CT molecular complexity index is 506. The molecule has 2 heterocycles. The number of allylic oxidation sites excluding steroid dienone is 1. The van der Waals surface area contributed by atoms with Crippen LogP contribution in [-0.2, 0) is 4.79 Å². The highest BCUT2D eigenvalue weighted by molar-refractivity contribution is 8.13. The molecule has 6 nitrogen and oxygen atoms in total. The summed E-state index contributed by atoms with van der Waals surface area (Å²) < 4.78 is 0. The Balaban J connectivity index is 2.07. The van der Waals surface area contributed by atoms with E-state index in [0.717, 1.165) is 17.3 Å². The number of fused-ring (bicyclic) bond motifs is 1. The first-order valence-corrected chi connectivity index (χ1v) is 9.24. The SMILES string of the molecule is C/C=C/CN1C(SCCCCCC)=NC2C1C(=O)NC(=O)N2C. The molecule has 7 heteroatoms. The molecule has 2 aliphatic heterocycles. The van der Waals surface area contributed by atoms with Gasteiger partial charge in [0.1, 0.15) is 0 Å². The minimum Gasteiger partial charge on any atom is -0.332 e. The van der Waals surface area contributed by atoms with Crippen LogP contribution in [0.15, 0.2) is 17.1 Å². The Labute approximate surface area is 142 Å². The first-order valence-electron chi connectivity index (χ1n) is 8.26. The Hall–Kier alpha value is -1.50. The summed E-state index contributed by atoms with van der Waals surface area (Å²) in [4.78, 5) is 32.2. The molecule has 0 spiro atoms. The van der Waals surface area contributed by atoms with E-state index < -0.39 is 12.2 Å². The van der Waals surface area contributed by atoms with Crippen molar-refractivity contribution in [2.75, 3.05) is 19.3 Å². The lowest BCUT2D eigenvalue weighted by Gasteiger charge is -2.35. The second-order valence-electron chi connectivity index (χ2n) is 5.81. The number of amidine groups is 1. The Morgan fingerprint density at radius 2 is 2.09 bits per heavy atom. The van der Waals surface area contributed by atoms with Gasteiger partial charge in [-0.3, -0.25) is 10.1 Å². The molecule has 0 bridgehead atoms. The average molecular weight is 338 g/mol. The second-order valence-corrected chi connectivity index (χ2v) is 6.87. The first-order chi connectivity index (χ1) is 11.1. The third kappa shape index (κ3) is 4.07. The third-order valence-corrected chi connectivity index (χ3v) is 5.18. The van der Waals surface area contributed by atoms with Crippen molar-refractivity contribution in [3.8, 4) is 0 Å². The summed E-state index contributed by atoms with van der Waals surface area (Å²) >= 11 is 1.69. The topological polar surface area (TPSA) is 65.0 Å². The average Bonchev–Trinajstić information content (AvgIpc) is 2.89. The molecule has 0 aromatic carbocycles. The van der Waals surface area contributed by atoms with Crippen molar-refractivity contribution in [2.45, 2.75) is 51.7 Å². The van der Waals surface area contributed by atoms with Gasteiger partial charge in [0.15, 0.2) is 17.4 Å². The molecule has 0 aliphatic carbocycles. The summed E-state index contributed by atoms with van der Waals surface area (Å²) in [6.45, 7) is 4.79. The molecule has 0 radical (unpaired) electrons. The minimum atomic E-state index is -0.424. The van der Waals surface area contributed by atoms with Gasteiger partial charge in [-0.2, -0.15) is 0 Å². The van der Waals surface area contributed by atoms with Gasteiger partial charge in [-0.1, -0.05) is 50.1 Å². The predicted octanol–water partition coefficient (Wildman–Crippen LogP) is 2.42. The van der Waals surface area contributed by atoms with Gasteiger partial charge in [-0.25, -0.2) is 9.79 Å². The van der Waals surface area contributed by atoms with E-state index >= 15 is 0 Å². The highest BCUT2D eigenvalue weighted by atomic mass is 32.2. The number of rotatable bonds is 7. The molecule has 0 aromatic heterocycles. The van der Waals surface area contributed by atoms with Crippen LogP contribution in [0.25, 0.3) is 0 Å². The molecular weight excluding hydrogens is 312 g/mol. The lowest BCUT2D eigenvalue weighted by Crippen LogP contribution is -2.63. The number of likely N-dealkylation sites (N-methyl/N-ethyl adjacent to an activating group) is 1. The standard InChI is InChI=1S/C16H26N4O2S/c1-4-6-8-9-11-23-16-17-13-12(20(16)10-7-5-2)14(21)18-15(22)19(13)3/h5,7,12-13H,4,6,8-11H2,1-3H3,(H,18,21,22)/b7-5+. The molecule has 2 aliphatic rings. The first kappa shape index (κ1) is 17.8. The smallest absolute Gasteiger partial charge is 0.325 e. The maximum absolute atomic E-state index is 12.3. The van der Waals surface area contributed by atoms with E-state index in [4.69, 9.17) is 0 Å². The van der Waals surface area contributed by atoms with Crippen molar-refractivity contribution in [3.63, 3.8) is 0 Å². The number of nitrogens with one attached hydrogen (secondary N) is 1. The van der Waals surface area contributed by atoms with Crippen LogP contribution in [0, 0.1) is 0 Å². The number of hydrogen-bond acceptors (Lipinski definition) is 5. The molecule has 1 N–H and O–H groups in total. The Morgan fingerprint density at radius 1 is 1.30 bits per heavy atom. The van der Waals surface area contributed by atoms with Crippen LogP contribution in [0.3, 0.4) is 0 Å². The number of carbonyl (C=O) groups is 2. The number of nitrogens with zero attached hydrogens (tertiary/aromatic N) is 3. The van der Waals surface area contributed by atoms with Crippen LogP contribution >= 0.6 is 11.8 Å². The number of amides is 3. The zero-order chi connectivity index (χ0) is 16.8. The van der Waals surface area contributed by atoms with E-state index in [2.05, 4.69) is 17.2 Å². The highest BCUT2D eigenvalue weighted by Gasteiger charge is 2.48. The fourth-order valence-corrected chi connectivity index (χ4v) is 3.79. The van der Waals surface area contributed by atoms with Crippen molar-refractivity contribution in [2.24, 2.45) is 4.99 Å². The monoisotopic (exact) mass is 338 g/mol. The van der Waals surface area contributed by atoms with Crippen LogP contribution in [0.5, 0.6) is 0 Å². The normalized spacial score (nSPS) is 24.2. The van der Waals surface area contributed by atoms with E-state index in [-0.39, 0.29) is 11.9 Å². The molecule has 2 atom stereocenters. The van der Waals surface area contributed by atoms with Crippen LogP contribution < -0.4 is 5.32 Å². The van der Waals surface area contributed by atoms with E-state index in [9.17, 15) is 9.59 Å². The quantitative estimate of drug-likeness (QED) is 0.572. The number of imide groups is 1. The lowest BCUT2D eigenvalue weighted by molar-refractivity contribution is -0.126. The minimum absolute atomic E-state index is 0.257. The van der Waals surface area contributed by atoms with Crippen LogP contribution in [0.4, 0.5) is 4.79 Å². The summed E-state index contributed by atoms with van der Waals surface area (Å²) in [5, 5.41) is 3.28. The Morgan fingerprint density at radius 3 is 2.78 bits per heavy atom. The summed E-state index contributed by atoms with van der Waals surface area (Å²) in [7, 11) is 1.69. The second kappa shape index (κ2) is 8.38. The zero-order valence-corrected chi connectivity index (χ0v) is 14.9. The number of hydrogen-bond donors (Lipinski definition) is 1. The zero-order valence-electron chi connectivity index (χ0n) is 14.1. The molecule has 1 fully saturated rings. The van der Waals surface area contributed by atoms with Crippen LogP contribution in [0.1, 0.15) is 39.5 Å². The van der Waals surface area contributed by atoms with Gasteiger partial charge >= 0.3 is 6.03 Å². The van der Waals surface area contributed by atoms with E-state index in [1.54, 1.807) is 18.8 Å². The molecular formula is C16H26N4O2S. The molecule has 2 rings (SSSR count). The number of carbonyl (C=O) groups excluding carboxylic acids is 2. The van der Waals surface area contributed by atoms with Gasteiger partial charge in [0.05, 0.1) is 0 Å². The van der Waals surface area contributed by atoms with Crippen LogP contribution in [0.2, 0.25) is 0 Å². The third-order valence-electron chi connectivity index (χ3n) is 4.09. The maximum Gasteiger partial charge on any atom is 0.325 e. The van der Waals surface area contributed by atoms with Crippen molar-refractivity contribution in [3.05, 3.63) is 12.2 Å². The molecule has 0 saturated carbocycles. The van der Waals surface area contributed by atoms with Gasteiger partial charge < -0.3 is 9.80 Å². The summed E-state index contributed by atoms with van der Waals surface area (Å²) in [6.07, 6.45) is 8.39. The van der Waals surface area contributed by atoms with Crippen molar-refractivity contribution in [1.82, 2.24) is 15.1 Å². The van der Waals surface area contributed by atoms with Gasteiger partial charge in [0, 0.05) is 19.3 Å². The molecule has 3 amide bonds. The number of thioether (sulfide) groups is 1.